The number of nitrogens with zero attached hydrogens (tertiary/aromatic N) is 1. The molecule has 1 aromatic heterocycles. The minimum absolute atomic E-state index is 0.0287. The maximum Gasteiger partial charge on any atom is 0.419 e. The lowest BCUT2D eigenvalue weighted by Gasteiger charge is -2.24. The maximum absolute atomic E-state index is 14.6. The van der Waals surface area contributed by atoms with Gasteiger partial charge in [-0.3, -0.25) is 4.79 Å². The van der Waals surface area contributed by atoms with Gasteiger partial charge in [-0.2, -0.15) is 11.3 Å². The van der Waals surface area contributed by atoms with Gasteiger partial charge in [0, 0.05) is 17.2 Å². The lowest BCUT2D eigenvalue weighted by Crippen LogP contribution is -2.39. The van der Waals surface area contributed by atoms with E-state index in [1.807, 2.05) is 22.9 Å². The van der Waals surface area contributed by atoms with Crippen LogP contribution in [0.25, 0.3) is 0 Å². The Hall–Kier alpha value is -2.91. The summed E-state index contributed by atoms with van der Waals surface area (Å²) in [7, 11) is 0. The molecule has 0 saturated heterocycles. The molecule has 1 fully saturated rings. The molecule has 10 heteroatoms. The molecule has 4 rings (SSSR count). The number of carboxylic acids is 1. The molecule has 0 bridgehead atoms. The molecule has 2 amide bonds. The van der Waals surface area contributed by atoms with E-state index >= 15 is 0 Å². The predicted molar refractivity (Wildman–Crippen MR) is 127 cm³/mol. The fourth-order valence-corrected chi connectivity index (χ4v) is 4.65. The fraction of sp³-hybridized carbons (Fsp3) is 0.375. The van der Waals surface area contributed by atoms with Crippen molar-refractivity contribution in [2.45, 2.75) is 57.5 Å². The molecule has 1 saturated carbocycles. The van der Waals surface area contributed by atoms with Crippen LogP contribution in [0.1, 0.15) is 51.4 Å². The number of hydrogen-bond acceptors (Lipinski definition) is 5. The van der Waals surface area contributed by atoms with E-state index in [4.69, 9.17) is 16.3 Å². The predicted octanol–water partition coefficient (Wildman–Crippen LogP) is 6.51. The number of carbonyl (C=O) groups is 3. The van der Waals surface area contributed by atoms with Crippen LogP contribution < -0.4 is 9.64 Å². The molecule has 0 atom stereocenters. The molecule has 2 aromatic rings. The van der Waals surface area contributed by atoms with Crippen LogP contribution in [-0.2, 0) is 9.59 Å². The standard InChI is InChI=1S/C20H21ClFNO6.C4H4S/c21-14-9-15(22)16(10-17(14)29-11-5-1-2-6-11)23(20(27)28)18(24)12-7-3-4-8-13(12)19(25)26;1-2-4-5-3-1/h9-11H,1-8H2,(H,25,26)(H,27,28);1-4H. The molecule has 1 aromatic carbocycles. The van der Waals surface area contributed by atoms with Crippen LogP contribution in [-0.4, -0.2) is 34.3 Å². The van der Waals surface area contributed by atoms with Gasteiger partial charge in [-0.25, -0.2) is 18.9 Å². The number of rotatable bonds is 5. The topological polar surface area (TPSA) is 104 Å². The second-order valence-corrected chi connectivity index (χ2v) is 9.17. The number of thiophene rings is 1. The smallest absolute Gasteiger partial charge is 0.419 e. The summed E-state index contributed by atoms with van der Waals surface area (Å²) in [5.41, 5.74) is -0.800. The van der Waals surface area contributed by atoms with Crippen LogP contribution in [0, 0.1) is 5.82 Å². The first-order chi connectivity index (χ1) is 16.3. The van der Waals surface area contributed by atoms with Crippen LogP contribution >= 0.6 is 22.9 Å². The second-order valence-electron chi connectivity index (χ2n) is 7.94. The summed E-state index contributed by atoms with van der Waals surface area (Å²) in [6.07, 6.45) is 3.16. The molecule has 0 spiro atoms. The van der Waals surface area contributed by atoms with Gasteiger partial charge in [0.05, 0.1) is 16.8 Å². The number of carboxylic acid groups (broad SMARTS) is 2. The Morgan fingerprint density at radius 1 is 1.00 bits per heavy atom. The van der Waals surface area contributed by atoms with Crippen LogP contribution in [0.4, 0.5) is 14.9 Å². The molecule has 2 aliphatic rings. The van der Waals surface area contributed by atoms with Gasteiger partial charge in [-0.1, -0.05) is 23.7 Å². The highest BCUT2D eigenvalue weighted by Crippen LogP contribution is 2.37. The Kier molecular flexibility index (Phi) is 9.06. The number of anilines is 1. The van der Waals surface area contributed by atoms with Crippen molar-refractivity contribution in [3.05, 3.63) is 57.0 Å². The van der Waals surface area contributed by atoms with E-state index in [9.17, 15) is 29.0 Å². The number of aliphatic carboxylic acids is 1. The molecule has 1 heterocycles. The van der Waals surface area contributed by atoms with E-state index in [-0.39, 0.29) is 45.8 Å². The first-order valence-corrected chi connectivity index (χ1v) is 12.3. The number of amides is 2. The third-order valence-electron chi connectivity index (χ3n) is 5.64. The fourth-order valence-electron chi connectivity index (χ4n) is 4.00. The van der Waals surface area contributed by atoms with Crippen molar-refractivity contribution in [3.8, 4) is 5.75 Å². The zero-order valence-corrected chi connectivity index (χ0v) is 19.9. The number of ether oxygens (including phenoxy) is 1. The normalized spacial score (nSPS) is 15.9. The van der Waals surface area contributed by atoms with Gasteiger partial charge in [-0.15, -0.1) is 0 Å². The average Bonchev–Trinajstić information content (AvgIpc) is 3.53. The number of carbonyl (C=O) groups excluding carboxylic acids is 1. The van der Waals surface area contributed by atoms with E-state index in [0.29, 0.717) is 12.8 Å². The van der Waals surface area contributed by atoms with Gasteiger partial charge in [0.1, 0.15) is 11.6 Å². The summed E-state index contributed by atoms with van der Waals surface area (Å²) in [6.45, 7) is 0. The van der Waals surface area contributed by atoms with Gasteiger partial charge in [0.2, 0.25) is 0 Å². The second kappa shape index (κ2) is 12.0. The summed E-state index contributed by atoms with van der Waals surface area (Å²) in [4.78, 5) is 36.5. The van der Waals surface area contributed by atoms with Crippen molar-refractivity contribution in [1.29, 1.82) is 0 Å². The molecular formula is C24H25ClFNO6S. The third kappa shape index (κ3) is 6.36. The molecule has 34 heavy (non-hydrogen) atoms. The van der Waals surface area contributed by atoms with E-state index in [1.165, 1.54) is 0 Å². The van der Waals surface area contributed by atoms with Crippen molar-refractivity contribution in [2.24, 2.45) is 0 Å². The number of imide groups is 1. The first-order valence-electron chi connectivity index (χ1n) is 10.9. The van der Waals surface area contributed by atoms with Crippen molar-refractivity contribution in [2.75, 3.05) is 4.90 Å². The van der Waals surface area contributed by atoms with Crippen LogP contribution in [0.2, 0.25) is 5.02 Å². The Labute approximate surface area is 205 Å². The molecule has 0 radical (unpaired) electrons. The molecule has 2 aliphatic carbocycles. The van der Waals surface area contributed by atoms with Crippen LogP contribution in [0.15, 0.2) is 46.2 Å². The van der Waals surface area contributed by atoms with Crippen molar-refractivity contribution >= 4 is 46.6 Å². The maximum atomic E-state index is 14.6. The van der Waals surface area contributed by atoms with Crippen molar-refractivity contribution < 1.29 is 33.7 Å². The Balaban J connectivity index is 0.000000574. The summed E-state index contributed by atoms with van der Waals surface area (Å²) in [5.74, 6) is -3.27. The Bertz CT molecular complexity index is 1050. The minimum atomic E-state index is -1.72. The zero-order valence-electron chi connectivity index (χ0n) is 18.3. The number of benzene rings is 1. The van der Waals surface area contributed by atoms with Crippen LogP contribution in [0.5, 0.6) is 5.75 Å². The lowest BCUT2D eigenvalue weighted by molar-refractivity contribution is -0.133. The minimum Gasteiger partial charge on any atom is -0.489 e. The van der Waals surface area contributed by atoms with Gasteiger partial charge < -0.3 is 14.9 Å². The summed E-state index contributed by atoms with van der Waals surface area (Å²) in [6, 6.07) is 6.03. The monoisotopic (exact) mass is 509 g/mol. The molecule has 0 aliphatic heterocycles. The SMILES string of the molecule is O=C(O)C1=C(C(=O)N(C(=O)O)c2cc(OC3CCCC3)c(Cl)cc2F)CCCC1.c1ccsc1. The zero-order chi connectivity index (χ0) is 24.7. The van der Waals surface area contributed by atoms with Crippen molar-refractivity contribution in [1.82, 2.24) is 0 Å². The average molecular weight is 510 g/mol. The first kappa shape index (κ1) is 25.7. The van der Waals surface area contributed by atoms with Crippen LogP contribution in [0.3, 0.4) is 0 Å². The highest BCUT2D eigenvalue weighted by Gasteiger charge is 2.33. The molecule has 2 N–H and O–H groups in total. The van der Waals surface area contributed by atoms with E-state index in [0.717, 1.165) is 37.8 Å². The van der Waals surface area contributed by atoms with Gasteiger partial charge in [-0.05, 0) is 68.2 Å². The summed E-state index contributed by atoms with van der Waals surface area (Å²) >= 11 is 7.77. The third-order valence-corrected chi connectivity index (χ3v) is 6.57. The molecular weight excluding hydrogens is 485 g/mol. The summed E-state index contributed by atoms with van der Waals surface area (Å²) < 4.78 is 20.4. The van der Waals surface area contributed by atoms with E-state index < -0.39 is 29.5 Å². The molecule has 182 valence electrons. The largest absolute Gasteiger partial charge is 0.489 e. The number of halogens is 2. The van der Waals surface area contributed by atoms with Gasteiger partial charge >= 0.3 is 12.1 Å². The highest BCUT2D eigenvalue weighted by atomic mass is 35.5. The number of hydrogen-bond donors (Lipinski definition) is 2. The Morgan fingerprint density at radius 3 is 2.15 bits per heavy atom. The Morgan fingerprint density at radius 2 is 1.62 bits per heavy atom. The van der Waals surface area contributed by atoms with E-state index in [1.54, 1.807) is 11.3 Å². The highest BCUT2D eigenvalue weighted by molar-refractivity contribution is 7.07. The quantitative estimate of drug-likeness (QED) is 0.475. The molecule has 7 nitrogen and oxygen atoms in total. The van der Waals surface area contributed by atoms with E-state index in [2.05, 4.69) is 0 Å². The summed E-state index contributed by atoms with van der Waals surface area (Å²) in [5, 5.41) is 23.0. The lowest BCUT2D eigenvalue weighted by atomic mass is 9.90. The van der Waals surface area contributed by atoms with Gasteiger partial charge in [0.25, 0.3) is 5.91 Å². The van der Waals surface area contributed by atoms with Gasteiger partial charge in [0.15, 0.2) is 0 Å². The van der Waals surface area contributed by atoms with Crippen molar-refractivity contribution in [3.63, 3.8) is 0 Å². The molecule has 0 unspecified atom stereocenters.